The molecular weight excluding hydrogens is 248 g/mol. The highest BCUT2D eigenvalue weighted by Gasteiger charge is 2.18. The molecule has 0 saturated heterocycles. The number of methoxy groups -OCH3 is 1. The summed E-state index contributed by atoms with van der Waals surface area (Å²) >= 11 is 0. The summed E-state index contributed by atoms with van der Waals surface area (Å²) in [6, 6.07) is 6.45. The summed E-state index contributed by atoms with van der Waals surface area (Å²) in [5.74, 6) is 0.942. The fourth-order valence-corrected chi connectivity index (χ4v) is 3.06. The van der Waals surface area contributed by atoms with E-state index in [1.54, 1.807) is 13.4 Å². The van der Waals surface area contributed by atoms with Gasteiger partial charge in [-0.05, 0) is 48.1 Å². The predicted molar refractivity (Wildman–Crippen MR) is 80.8 cm³/mol. The van der Waals surface area contributed by atoms with Gasteiger partial charge in [0.1, 0.15) is 5.75 Å². The summed E-state index contributed by atoms with van der Waals surface area (Å²) in [5.41, 5.74) is 7.00. The van der Waals surface area contributed by atoms with Crippen LogP contribution in [0.15, 0.2) is 36.3 Å². The van der Waals surface area contributed by atoms with Gasteiger partial charge in [-0.2, -0.15) is 0 Å². The number of nitrogens with zero attached hydrogens (tertiary/aromatic N) is 1. The molecule has 3 rings (SSSR count). The van der Waals surface area contributed by atoms with Crippen LogP contribution in [0.4, 0.5) is 0 Å². The number of benzene rings is 1. The molecule has 1 N–H and O–H groups in total. The lowest BCUT2D eigenvalue weighted by Crippen LogP contribution is -2.07. The number of aryl methyl sites for hydroxylation is 1. The van der Waals surface area contributed by atoms with Crippen LogP contribution in [0.3, 0.4) is 0 Å². The Hall–Kier alpha value is -2.03. The Labute approximate surface area is 119 Å². The van der Waals surface area contributed by atoms with Crippen LogP contribution >= 0.6 is 0 Å². The number of imidazole rings is 1. The van der Waals surface area contributed by atoms with Crippen molar-refractivity contribution in [3.05, 3.63) is 53.1 Å². The van der Waals surface area contributed by atoms with Crippen molar-refractivity contribution in [3.63, 3.8) is 0 Å². The number of hydrogen-bond donors (Lipinski definition) is 1. The van der Waals surface area contributed by atoms with E-state index in [0.29, 0.717) is 0 Å². The monoisotopic (exact) mass is 268 g/mol. The Bertz CT molecular complexity index is 626. The van der Waals surface area contributed by atoms with E-state index in [1.807, 2.05) is 6.20 Å². The number of aromatic nitrogens is 2. The molecule has 104 valence electrons. The highest BCUT2D eigenvalue weighted by molar-refractivity contribution is 5.74. The first kappa shape index (κ1) is 13.0. The zero-order valence-electron chi connectivity index (χ0n) is 12.1. The number of hydrogen-bond acceptors (Lipinski definition) is 2. The van der Waals surface area contributed by atoms with Gasteiger partial charge in [-0.1, -0.05) is 18.6 Å². The Kier molecular flexibility index (Phi) is 3.59. The molecule has 1 aliphatic carbocycles. The number of H-pyrrole nitrogens is 1. The zero-order chi connectivity index (χ0) is 13.9. The molecule has 1 aromatic heterocycles. The second-order valence-corrected chi connectivity index (χ2v) is 5.21. The van der Waals surface area contributed by atoms with E-state index in [-0.39, 0.29) is 0 Å². The molecule has 3 heteroatoms. The van der Waals surface area contributed by atoms with Crippen molar-refractivity contribution >= 4 is 5.57 Å². The van der Waals surface area contributed by atoms with Crippen LogP contribution < -0.4 is 4.74 Å². The molecule has 0 saturated carbocycles. The molecule has 1 aliphatic rings. The number of fused-ring (bicyclic) bond motifs is 1. The van der Waals surface area contributed by atoms with Gasteiger partial charge in [0, 0.05) is 18.3 Å². The highest BCUT2D eigenvalue weighted by Crippen LogP contribution is 2.36. The number of aromatic amines is 1. The highest BCUT2D eigenvalue weighted by atomic mass is 16.5. The summed E-state index contributed by atoms with van der Waals surface area (Å²) in [6.45, 7) is 2.23. The molecule has 2 aromatic rings. The fraction of sp³-hybridized carbons (Fsp3) is 0.353. The average molecular weight is 268 g/mol. The summed E-state index contributed by atoms with van der Waals surface area (Å²) in [6.07, 6.45) is 7.96. The second-order valence-electron chi connectivity index (χ2n) is 5.21. The second kappa shape index (κ2) is 5.53. The molecule has 0 amide bonds. The van der Waals surface area contributed by atoms with Gasteiger partial charge in [-0.15, -0.1) is 0 Å². The summed E-state index contributed by atoms with van der Waals surface area (Å²) in [5, 5.41) is 0. The first-order valence-corrected chi connectivity index (χ1v) is 7.17. The number of rotatable bonds is 4. The largest absolute Gasteiger partial charge is 0.497 e. The van der Waals surface area contributed by atoms with Crippen molar-refractivity contribution in [2.45, 2.75) is 32.6 Å². The van der Waals surface area contributed by atoms with Crippen LogP contribution in [-0.2, 0) is 12.8 Å². The van der Waals surface area contributed by atoms with E-state index in [0.717, 1.165) is 31.4 Å². The van der Waals surface area contributed by atoms with Gasteiger partial charge < -0.3 is 9.72 Å². The third kappa shape index (κ3) is 2.36. The van der Waals surface area contributed by atoms with Crippen LogP contribution in [0.5, 0.6) is 5.75 Å². The van der Waals surface area contributed by atoms with Crippen molar-refractivity contribution in [2.75, 3.05) is 7.11 Å². The van der Waals surface area contributed by atoms with Crippen molar-refractivity contribution in [3.8, 4) is 5.75 Å². The third-order valence-electron chi connectivity index (χ3n) is 4.08. The van der Waals surface area contributed by atoms with Crippen LogP contribution in [0.25, 0.3) is 5.57 Å². The van der Waals surface area contributed by atoms with E-state index in [4.69, 9.17) is 4.74 Å². The van der Waals surface area contributed by atoms with E-state index in [2.05, 4.69) is 35.1 Å². The molecule has 1 aromatic carbocycles. The van der Waals surface area contributed by atoms with Gasteiger partial charge in [-0.3, -0.25) is 0 Å². The number of nitrogens with one attached hydrogen (secondary N) is 1. The predicted octanol–water partition coefficient (Wildman–Crippen LogP) is 3.77. The van der Waals surface area contributed by atoms with Gasteiger partial charge in [0.2, 0.25) is 0 Å². The van der Waals surface area contributed by atoms with Crippen molar-refractivity contribution < 1.29 is 4.74 Å². The molecule has 0 spiro atoms. The lowest BCUT2D eigenvalue weighted by atomic mass is 9.82. The standard InChI is InChI=1S/C17H20N2O/c1-3-16-13(8-14-10-18-11-19-14)5-4-12-6-7-15(20-2)9-17(12)16/h6-7,9-11H,3-5,8H2,1-2H3,(H,18,19). The SMILES string of the molecule is CCC1=C(Cc2cnc[nH]2)CCc2ccc(OC)cc21. The van der Waals surface area contributed by atoms with Crippen molar-refractivity contribution in [1.29, 1.82) is 0 Å². The molecule has 0 bridgehead atoms. The summed E-state index contributed by atoms with van der Waals surface area (Å²) < 4.78 is 5.38. The van der Waals surface area contributed by atoms with Gasteiger partial charge in [0.05, 0.1) is 13.4 Å². The summed E-state index contributed by atoms with van der Waals surface area (Å²) in [7, 11) is 1.73. The van der Waals surface area contributed by atoms with E-state index in [1.165, 1.54) is 28.0 Å². The maximum absolute atomic E-state index is 5.38. The lowest BCUT2D eigenvalue weighted by Gasteiger charge is -2.23. The lowest BCUT2D eigenvalue weighted by molar-refractivity contribution is 0.414. The molecule has 1 heterocycles. The zero-order valence-corrected chi connectivity index (χ0v) is 12.1. The smallest absolute Gasteiger partial charge is 0.119 e. The van der Waals surface area contributed by atoms with Gasteiger partial charge >= 0.3 is 0 Å². The van der Waals surface area contributed by atoms with Gasteiger partial charge in [-0.25, -0.2) is 4.98 Å². The van der Waals surface area contributed by atoms with Crippen molar-refractivity contribution in [2.24, 2.45) is 0 Å². The first-order chi connectivity index (χ1) is 9.81. The molecule has 0 radical (unpaired) electrons. The minimum atomic E-state index is 0.942. The van der Waals surface area contributed by atoms with Gasteiger partial charge in [0.25, 0.3) is 0 Å². The van der Waals surface area contributed by atoms with E-state index >= 15 is 0 Å². The van der Waals surface area contributed by atoms with E-state index < -0.39 is 0 Å². The number of ether oxygens (including phenoxy) is 1. The Morgan fingerprint density at radius 2 is 2.20 bits per heavy atom. The topological polar surface area (TPSA) is 37.9 Å². The third-order valence-corrected chi connectivity index (χ3v) is 4.08. The molecule has 0 fully saturated rings. The Morgan fingerprint density at radius 1 is 1.30 bits per heavy atom. The molecule has 0 unspecified atom stereocenters. The average Bonchev–Trinajstić information content (AvgIpc) is 2.99. The molecule has 0 aliphatic heterocycles. The van der Waals surface area contributed by atoms with Crippen LogP contribution in [0.1, 0.15) is 36.6 Å². The van der Waals surface area contributed by atoms with Crippen molar-refractivity contribution in [1.82, 2.24) is 9.97 Å². The van der Waals surface area contributed by atoms with Crippen LogP contribution in [-0.4, -0.2) is 17.1 Å². The maximum atomic E-state index is 5.38. The first-order valence-electron chi connectivity index (χ1n) is 7.17. The van der Waals surface area contributed by atoms with E-state index in [9.17, 15) is 0 Å². The summed E-state index contributed by atoms with van der Waals surface area (Å²) in [4.78, 5) is 7.32. The minimum Gasteiger partial charge on any atom is -0.497 e. The maximum Gasteiger partial charge on any atom is 0.119 e. The number of allylic oxidation sites excluding steroid dienone is 2. The minimum absolute atomic E-state index is 0.942. The fourth-order valence-electron chi connectivity index (χ4n) is 3.06. The van der Waals surface area contributed by atoms with Crippen LogP contribution in [0.2, 0.25) is 0 Å². The normalized spacial score (nSPS) is 14.3. The quantitative estimate of drug-likeness (QED) is 0.916. The molecule has 0 atom stereocenters. The van der Waals surface area contributed by atoms with Crippen LogP contribution in [0, 0.1) is 0 Å². The molecule has 20 heavy (non-hydrogen) atoms. The Balaban J connectivity index is 2.01. The molecule has 3 nitrogen and oxygen atoms in total. The molecular formula is C17H20N2O. The Morgan fingerprint density at radius 3 is 2.90 bits per heavy atom. The van der Waals surface area contributed by atoms with Gasteiger partial charge in [0.15, 0.2) is 0 Å².